The largest absolute Gasteiger partial charge is 0.573 e. The second-order valence-electron chi connectivity index (χ2n) is 9.34. The number of carboxylic acid groups (broad SMARTS) is 1. The van der Waals surface area contributed by atoms with E-state index in [4.69, 9.17) is 0 Å². The predicted octanol–water partition coefficient (Wildman–Crippen LogP) is 8.62. The molecule has 0 amide bonds. The molecule has 0 bridgehead atoms. The average molecular weight is 587 g/mol. The number of aromatic nitrogens is 2. The number of ether oxygens (including phenoxy) is 1. The summed E-state index contributed by atoms with van der Waals surface area (Å²) in [6, 6.07) is 6.90. The minimum Gasteiger partial charge on any atom is -0.478 e. The Bertz CT molecular complexity index is 1240. The highest BCUT2D eigenvalue weighted by molar-refractivity contribution is 9.10. The molecule has 0 saturated carbocycles. The molecule has 0 aliphatic heterocycles. The first-order valence-electron chi connectivity index (χ1n) is 12.4. The van der Waals surface area contributed by atoms with Crippen LogP contribution in [0.15, 0.2) is 34.8 Å². The molecule has 0 saturated heterocycles. The molecule has 2 atom stereocenters. The normalized spacial score (nSPS) is 13.6. The van der Waals surface area contributed by atoms with Crippen molar-refractivity contribution in [1.82, 2.24) is 9.78 Å². The molecular formula is C27H31BrF4N2O3. The second-order valence-corrected chi connectivity index (χ2v) is 10.2. The molecule has 5 nitrogen and oxygen atoms in total. The summed E-state index contributed by atoms with van der Waals surface area (Å²) in [7, 11) is 0. The molecule has 202 valence electrons. The molecule has 10 heteroatoms. The molecule has 0 spiro atoms. The van der Waals surface area contributed by atoms with E-state index in [1.165, 1.54) is 24.3 Å². The van der Waals surface area contributed by atoms with Gasteiger partial charge in [-0.05, 0) is 61.9 Å². The van der Waals surface area contributed by atoms with Gasteiger partial charge < -0.3 is 9.84 Å². The summed E-state index contributed by atoms with van der Waals surface area (Å²) in [5.41, 5.74) is 1.62. The summed E-state index contributed by atoms with van der Waals surface area (Å²) in [6.07, 6.45) is 0.977. The van der Waals surface area contributed by atoms with Crippen molar-refractivity contribution in [2.75, 3.05) is 0 Å². The van der Waals surface area contributed by atoms with Crippen LogP contribution in [0.2, 0.25) is 0 Å². The minimum absolute atomic E-state index is 0.0176. The first kappa shape index (κ1) is 28.9. The van der Waals surface area contributed by atoms with Gasteiger partial charge >= 0.3 is 12.3 Å². The first-order chi connectivity index (χ1) is 17.4. The minimum atomic E-state index is -4.74. The lowest BCUT2D eigenvalue weighted by molar-refractivity contribution is -0.274. The fourth-order valence-corrected chi connectivity index (χ4v) is 5.19. The van der Waals surface area contributed by atoms with E-state index < -0.39 is 18.1 Å². The van der Waals surface area contributed by atoms with Gasteiger partial charge in [0.25, 0.3) is 0 Å². The summed E-state index contributed by atoms with van der Waals surface area (Å²) in [5.74, 6) is -2.08. The van der Waals surface area contributed by atoms with Crippen molar-refractivity contribution in [3.05, 3.63) is 57.4 Å². The number of hydrogen-bond donors (Lipinski definition) is 1. The van der Waals surface area contributed by atoms with Gasteiger partial charge in [-0.3, -0.25) is 4.68 Å². The zero-order chi connectivity index (χ0) is 27.3. The van der Waals surface area contributed by atoms with Crippen LogP contribution in [0.3, 0.4) is 0 Å². The Kier molecular flexibility index (Phi) is 9.61. The van der Waals surface area contributed by atoms with Crippen molar-refractivity contribution < 1.29 is 32.2 Å². The van der Waals surface area contributed by atoms with Crippen LogP contribution in [0.5, 0.6) is 5.75 Å². The summed E-state index contributed by atoms with van der Waals surface area (Å²) in [6.45, 7) is 5.91. The number of benzene rings is 2. The van der Waals surface area contributed by atoms with Crippen LogP contribution in [0, 0.1) is 18.7 Å². The summed E-state index contributed by atoms with van der Waals surface area (Å²) in [4.78, 5) is 11.4. The number of carboxylic acids is 1. The van der Waals surface area contributed by atoms with E-state index in [-0.39, 0.29) is 23.3 Å². The number of aryl methyl sites for hydroxylation is 1. The van der Waals surface area contributed by atoms with Gasteiger partial charge in [0.05, 0.1) is 22.8 Å². The third kappa shape index (κ3) is 7.46. The van der Waals surface area contributed by atoms with Crippen molar-refractivity contribution in [1.29, 1.82) is 0 Å². The van der Waals surface area contributed by atoms with Crippen LogP contribution < -0.4 is 4.74 Å². The van der Waals surface area contributed by atoms with Gasteiger partial charge in [0.15, 0.2) is 0 Å². The van der Waals surface area contributed by atoms with E-state index in [9.17, 15) is 27.5 Å². The first-order valence-corrected chi connectivity index (χ1v) is 13.2. The predicted molar refractivity (Wildman–Crippen MR) is 137 cm³/mol. The highest BCUT2D eigenvalue weighted by atomic mass is 79.9. The number of nitrogens with zero attached hydrogens (tertiary/aromatic N) is 2. The maximum atomic E-state index is 14.5. The molecule has 0 aliphatic rings. The SMILES string of the molecule is CCCC(CCCC(CC)Cc1cc(OC(F)(F)F)ccc1Br)n1nc(C)c2cc(C(=O)O)c(F)cc21. The summed E-state index contributed by atoms with van der Waals surface area (Å²) < 4.78 is 59.0. The standard InChI is InChI=1S/C27H31BrF4N2O3/c1-4-7-19(34-25-15-24(29)22(26(35)36)14-21(25)16(3)33-34)9-6-8-17(5-2)12-18-13-20(10-11-23(18)28)37-27(30,31)32/h10-11,13-15,17,19H,4-9,12H2,1-3H3,(H,35,36). The Morgan fingerprint density at radius 3 is 2.51 bits per heavy atom. The maximum absolute atomic E-state index is 14.5. The molecule has 2 aromatic carbocycles. The van der Waals surface area contributed by atoms with E-state index in [1.54, 1.807) is 13.0 Å². The van der Waals surface area contributed by atoms with Crippen LogP contribution in [0.1, 0.15) is 80.0 Å². The summed E-state index contributed by atoms with van der Waals surface area (Å²) in [5, 5.41) is 14.5. The Morgan fingerprint density at radius 2 is 1.89 bits per heavy atom. The Labute approximate surface area is 221 Å². The lowest BCUT2D eigenvalue weighted by atomic mass is 9.90. The van der Waals surface area contributed by atoms with E-state index in [0.29, 0.717) is 23.0 Å². The second kappa shape index (κ2) is 12.3. The highest BCUT2D eigenvalue weighted by Crippen LogP contribution is 2.33. The van der Waals surface area contributed by atoms with Gasteiger partial charge in [-0.1, -0.05) is 55.5 Å². The monoisotopic (exact) mass is 586 g/mol. The van der Waals surface area contributed by atoms with Crippen LogP contribution in [-0.2, 0) is 6.42 Å². The number of alkyl halides is 3. The average Bonchev–Trinajstić information content (AvgIpc) is 3.13. The van der Waals surface area contributed by atoms with Crippen molar-refractivity contribution >= 4 is 32.8 Å². The zero-order valence-electron chi connectivity index (χ0n) is 21.0. The summed E-state index contributed by atoms with van der Waals surface area (Å²) >= 11 is 3.44. The maximum Gasteiger partial charge on any atom is 0.573 e. The van der Waals surface area contributed by atoms with Gasteiger partial charge in [-0.2, -0.15) is 5.10 Å². The molecule has 3 rings (SSSR count). The third-order valence-corrected chi connectivity index (χ3v) is 7.44. The lowest BCUT2D eigenvalue weighted by Crippen LogP contribution is -2.17. The number of aromatic carboxylic acids is 1. The molecule has 1 N–H and O–H groups in total. The molecule has 0 radical (unpaired) electrons. The Morgan fingerprint density at radius 1 is 1.16 bits per heavy atom. The number of fused-ring (bicyclic) bond motifs is 1. The number of rotatable bonds is 12. The van der Waals surface area contributed by atoms with Gasteiger partial charge in [-0.15, -0.1) is 13.2 Å². The van der Waals surface area contributed by atoms with E-state index >= 15 is 0 Å². The zero-order valence-corrected chi connectivity index (χ0v) is 22.6. The highest BCUT2D eigenvalue weighted by Gasteiger charge is 2.31. The molecule has 0 fully saturated rings. The Hall–Kier alpha value is -2.62. The van der Waals surface area contributed by atoms with Crippen molar-refractivity contribution in [3.8, 4) is 5.75 Å². The number of halogens is 5. The molecule has 1 heterocycles. The molecule has 3 aromatic rings. The lowest BCUT2D eigenvalue weighted by Gasteiger charge is -2.21. The van der Waals surface area contributed by atoms with Gasteiger partial charge in [0.1, 0.15) is 11.6 Å². The fraction of sp³-hybridized carbons (Fsp3) is 0.481. The fourth-order valence-electron chi connectivity index (χ4n) is 4.78. The molecule has 37 heavy (non-hydrogen) atoms. The molecular weight excluding hydrogens is 556 g/mol. The van der Waals surface area contributed by atoms with Gasteiger partial charge in [-0.25, -0.2) is 9.18 Å². The number of carbonyl (C=O) groups is 1. The van der Waals surface area contributed by atoms with Crippen LogP contribution in [0.25, 0.3) is 10.9 Å². The molecule has 2 unspecified atom stereocenters. The van der Waals surface area contributed by atoms with Crippen molar-refractivity contribution in [2.45, 2.75) is 78.1 Å². The third-order valence-electron chi connectivity index (χ3n) is 6.66. The topological polar surface area (TPSA) is 64.4 Å². The quantitative estimate of drug-likeness (QED) is 0.216. The van der Waals surface area contributed by atoms with E-state index in [1.807, 2.05) is 4.68 Å². The smallest absolute Gasteiger partial charge is 0.478 e. The van der Waals surface area contributed by atoms with Crippen molar-refractivity contribution in [3.63, 3.8) is 0 Å². The van der Waals surface area contributed by atoms with E-state index in [0.717, 1.165) is 48.6 Å². The van der Waals surface area contributed by atoms with Crippen LogP contribution in [-0.4, -0.2) is 27.2 Å². The van der Waals surface area contributed by atoms with E-state index in [2.05, 4.69) is 39.6 Å². The van der Waals surface area contributed by atoms with Crippen LogP contribution >= 0.6 is 15.9 Å². The molecule has 0 aliphatic carbocycles. The Balaban J connectivity index is 1.73. The van der Waals surface area contributed by atoms with Gasteiger partial charge in [0.2, 0.25) is 0 Å². The van der Waals surface area contributed by atoms with Gasteiger partial charge in [0, 0.05) is 15.9 Å². The molecule has 1 aromatic heterocycles. The van der Waals surface area contributed by atoms with Crippen LogP contribution in [0.4, 0.5) is 17.6 Å². The van der Waals surface area contributed by atoms with Crippen molar-refractivity contribution in [2.24, 2.45) is 5.92 Å². The number of hydrogen-bond acceptors (Lipinski definition) is 3.